The number of hydrogen-bond donors (Lipinski definition) is 2. The van der Waals surface area contributed by atoms with Crippen LogP contribution in [0.5, 0.6) is 0 Å². The van der Waals surface area contributed by atoms with Crippen molar-refractivity contribution in [1.29, 1.82) is 0 Å². The molecule has 0 aromatic carbocycles. The fourth-order valence-electron chi connectivity index (χ4n) is 5.80. The van der Waals surface area contributed by atoms with Gasteiger partial charge in [0.1, 0.15) is 5.78 Å². The highest BCUT2D eigenvalue weighted by molar-refractivity contribution is 5.79. The average Bonchev–Trinajstić information content (AvgIpc) is 2.96. The molecule has 0 bridgehead atoms. The molecule has 2 N–H and O–H groups in total. The predicted octanol–water partition coefficient (Wildman–Crippen LogP) is 4.25. The summed E-state index contributed by atoms with van der Waals surface area (Å²) < 4.78 is 14.0. The molecule has 3 aliphatic carbocycles. The van der Waals surface area contributed by atoms with Gasteiger partial charge >= 0.3 is 17.9 Å². The Hall–Kier alpha value is -2.00. The number of aliphatic hydroxyl groups excluding tert-OH is 2. The van der Waals surface area contributed by atoms with Crippen LogP contribution in [0, 0.1) is 35.5 Å². The number of carbonyl (C=O) groups is 4. The van der Waals surface area contributed by atoms with Gasteiger partial charge in [-0.25, -0.2) is 0 Å². The normalized spacial score (nSPS) is 27.7. The predicted molar refractivity (Wildman–Crippen MR) is 146 cm³/mol. The van der Waals surface area contributed by atoms with Crippen LogP contribution in [0.3, 0.4) is 0 Å². The fourth-order valence-corrected chi connectivity index (χ4v) is 5.80. The minimum atomic E-state index is -0.153. The molecule has 9 nitrogen and oxygen atoms in total. The molecule has 226 valence electrons. The molecule has 0 aromatic rings. The molecule has 3 rings (SSSR count). The van der Waals surface area contributed by atoms with Crippen LogP contribution in [0.4, 0.5) is 0 Å². The van der Waals surface area contributed by atoms with Gasteiger partial charge in [0.25, 0.3) is 0 Å². The van der Waals surface area contributed by atoms with Crippen molar-refractivity contribution in [3.05, 3.63) is 0 Å². The smallest absolute Gasteiger partial charge is 0.308 e. The number of methoxy groups -OCH3 is 3. The molecule has 0 aromatic heterocycles. The first-order chi connectivity index (χ1) is 18.4. The molecule has 3 aliphatic rings. The lowest BCUT2D eigenvalue weighted by Gasteiger charge is -2.28. The van der Waals surface area contributed by atoms with E-state index in [0.717, 1.165) is 64.2 Å². The zero-order chi connectivity index (χ0) is 29.5. The molecule has 0 heterocycles. The summed E-state index contributed by atoms with van der Waals surface area (Å²) in [5, 5.41) is 18.6. The highest BCUT2D eigenvalue weighted by Gasteiger charge is 2.30. The summed E-state index contributed by atoms with van der Waals surface area (Å²) in [4.78, 5) is 44.6. The van der Waals surface area contributed by atoms with Gasteiger partial charge in [0.15, 0.2) is 0 Å². The third kappa shape index (κ3) is 12.4. The van der Waals surface area contributed by atoms with Crippen LogP contribution < -0.4 is 0 Å². The molecule has 3 atom stereocenters. The lowest BCUT2D eigenvalue weighted by atomic mass is 9.80. The van der Waals surface area contributed by atoms with Gasteiger partial charge in [-0.2, -0.15) is 0 Å². The van der Waals surface area contributed by atoms with Gasteiger partial charge in [-0.15, -0.1) is 0 Å². The number of carbonyl (C=O) groups excluding carboxylic acids is 4. The van der Waals surface area contributed by atoms with Crippen molar-refractivity contribution in [3.63, 3.8) is 0 Å². The minimum Gasteiger partial charge on any atom is -0.469 e. The van der Waals surface area contributed by atoms with Crippen LogP contribution in [-0.4, -0.2) is 67.4 Å². The SMILES string of the molecule is COC(=O)[C@@H](C)C1CCC(=O)CC1.COC(=O)[C@@H](C)C1CCC(O)CC1.COC(=O)[C@@H](C)C1CCC(O)CC1. The fraction of sp³-hybridized carbons (Fsp3) is 0.867. The number of ether oxygens (including phenoxy) is 3. The summed E-state index contributed by atoms with van der Waals surface area (Å²) in [6, 6.07) is 0. The summed E-state index contributed by atoms with van der Waals surface area (Å²) in [6.07, 6.45) is 9.71. The van der Waals surface area contributed by atoms with Crippen molar-refractivity contribution < 1.29 is 43.6 Å². The number of hydrogen-bond acceptors (Lipinski definition) is 9. The topological polar surface area (TPSA) is 136 Å². The van der Waals surface area contributed by atoms with E-state index in [1.807, 2.05) is 20.8 Å². The van der Waals surface area contributed by atoms with Gasteiger partial charge in [0.05, 0.1) is 51.3 Å². The van der Waals surface area contributed by atoms with Gasteiger partial charge in [0, 0.05) is 12.8 Å². The van der Waals surface area contributed by atoms with Crippen molar-refractivity contribution in [2.75, 3.05) is 21.3 Å². The van der Waals surface area contributed by atoms with E-state index in [9.17, 15) is 29.4 Å². The molecule has 0 amide bonds. The van der Waals surface area contributed by atoms with E-state index < -0.39 is 0 Å². The van der Waals surface area contributed by atoms with E-state index in [1.165, 1.54) is 21.3 Å². The minimum absolute atomic E-state index is 0.0162. The van der Waals surface area contributed by atoms with Gasteiger partial charge in [-0.1, -0.05) is 20.8 Å². The van der Waals surface area contributed by atoms with E-state index in [1.54, 1.807) is 0 Å². The first-order valence-electron chi connectivity index (χ1n) is 14.6. The molecule has 3 saturated carbocycles. The van der Waals surface area contributed by atoms with Crippen molar-refractivity contribution in [3.8, 4) is 0 Å². The maximum atomic E-state index is 11.2. The van der Waals surface area contributed by atoms with E-state index >= 15 is 0 Å². The van der Waals surface area contributed by atoms with Crippen LogP contribution in [0.15, 0.2) is 0 Å². The molecule has 0 unspecified atom stereocenters. The summed E-state index contributed by atoms with van der Waals surface area (Å²) >= 11 is 0. The zero-order valence-corrected chi connectivity index (χ0v) is 24.9. The lowest BCUT2D eigenvalue weighted by Crippen LogP contribution is -2.27. The Morgan fingerprint density at radius 3 is 1.08 bits per heavy atom. The molecule has 39 heavy (non-hydrogen) atoms. The first kappa shape index (κ1) is 35.0. The van der Waals surface area contributed by atoms with Crippen molar-refractivity contribution in [2.45, 2.75) is 110 Å². The van der Waals surface area contributed by atoms with Crippen LogP contribution in [-0.2, 0) is 33.4 Å². The van der Waals surface area contributed by atoms with Crippen LogP contribution >= 0.6 is 0 Å². The Balaban J connectivity index is 0.000000292. The molecular formula is C30H52O9. The molecule has 0 radical (unpaired) electrons. The van der Waals surface area contributed by atoms with E-state index in [-0.39, 0.29) is 47.9 Å². The van der Waals surface area contributed by atoms with Gasteiger partial charge < -0.3 is 24.4 Å². The first-order valence-corrected chi connectivity index (χ1v) is 14.6. The second-order valence-electron chi connectivity index (χ2n) is 11.4. The second kappa shape index (κ2) is 18.4. The molecule has 9 heteroatoms. The van der Waals surface area contributed by atoms with E-state index in [4.69, 9.17) is 9.47 Å². The van der Waals surface area contributed by atoms with E-state index in [2.05, 4.69) is 4.74 Å². The van der Waals surface area contributed by atoms with Crippen LogP contribution in [0.1, 0.15) is 97.8 Å². The summed E-state index contributed by atoms with van der Waals surface area (Å²) in [6.45, 7) is 5.70. The summed E-state index contributed by atoms with van der Waals surface area (Å²) in [7, 11) is 4.26. The number of rotatable bonds is 6. The molecular weight excluding hydrogens is 504 g/mol. The Labute approximate surface area is 234 Å². The number of Topliss-reactive ketones (excluding diaryl/α,β-unsaturated/α-hetero) is 1. The third-order valence-corrected chi connectivity index (χ3v) is 8.91. The van der Waals surface area contributed by atoms with Gasteiger partial charge in [-0.05, 0) is 82.0 Å². The molecule has 3 fully saturated rings. The average molecular weight is 557 g/mol. The van der Waals surface area contributed by atoms with Gasteiger partial charge in [-0.3, -0.25) is 19.2 Å². The highest BCUT2D eigenvalue weighted by Crippen LogP contribution is 2.32. The largest absolute Gasteiger partial charge is 0.469 e. The summed E-state index contributed by atoms with van der Waals surface area (Å²) in [5.41, 5.74) is 0. The van der Waals surface area contributed by atoms with Crippen molar-refractivity contribution in [2.24, 2.45) is 35.5 Å². The van der Waals surface area contributed by atoms with Crippen LogP contribution in [0.25, 0.3) is 0 Å². The second-order valence-corrected chi connectivity index (χ2v) is 11.4. The van der Waals surface area contributed by atoms with Crippen molar-refractivity contribution in [1.82, 2.24) is 0 Å². The highest BCUT2D eigenvalue weighted by atomic mass is 16.5. The number of esters is 3. The standard InChI is InChI=1S/2C10H18O3.C10H16O3/c3*1-7(10(12)13-2)8-3-5-9(11)6-4-8/h2*7-9,11H,3-6H2,1-2H3;7-8H,3-6H2,1-2H3/t2*7-,8?,9?;7-/m000/s1. The molecule has 0 aliphatic heterocycles. The Morgan fingerprint density at radius 2 is 0.821 bits per heavy atom. The monoisotopic (exact) mass is 556 g/mol. The Bertz CT molecular complexity index is 702. The van der Waals surface area contributed by atoms with Crippen LogP contribution in [0.2, 0.25) is 0 Å². The maximum Gasteiger partial charge on any atom is 0.308 e. The quantitative estimate of drug-likeness (QED) is 0.363. The van der Waals surface area contributed by atoms with E-state index in [0.29, 0.717) is 36.4 Å². The molecule has 0 spiro atoms. The summed E-state index contributed by atoms with van der Waals surface area (Å²) in [5.74, 6) is 0.973. The molecule has 0 saturated heterocycles. The number of aliphatic hydroxyl groups is 2. The van der Waals surface area contributed by atoms with Crippen molar-refractivity contribution >= 4 is 23.7 Å². The Kier molecular flexibility index (Phi) is 16.5. The third-order valence-electron chi connectivity index (χ3n) is 8.91. The maximum absolute atomic E-state index is 11.2. The Morgan fingerprint density at radius 1 is 0.564 bits per heavy atom. The van der Waals surface area contributed by atoms with Gasteiger partial charge in [0.2, 0.25) is 0 Å². The zero-order valence-electron chi connectivity index (χ0n) is 24.9. The lowest BCUT2D eigenvalue weighted by molar-refractivity contribution is -0.148. The number of ketones is 1.